The molecule has 2 amide bonds. The van der Waals surface area contributed by atoms with Crippen LogP contribution in [0.1, 0.15) is 59.3 Å². The largest absolute Gasteiger partial charge is 0.459 e. The van der Waals surface area contributed by atoms with Gasteiger partial charge in [-0.05, 0) is 50.4 Å². The van der Waals surface area contributed by atoms with E-state index < -0.39 is 92.4 Å². The molecule has 0 aromatic heterocycles. The monoisotopic (exact) mass is 601 g/mol. The molecule has 0 spiro atoms. The Morgan fingerprint density at radius 3 is 2.20 bits per heavy atom. The van der Waals surface area contributed by atoms with E-state index in [-0.39, 0.29) is 30.0 Å². The van der Waals surface area contributed by atoms with Gasteiger partial charge in [0.15, 0.2) is 6.61 Å². The van der Waals surface area contributed by atoms with E-state index in [0.717, 1.165) is 17.7 Å². The highest BCUT2D eigenvalue weighted by molar-refractivity contribution is 7.86. The van der Waals surface area contributed by atoms with Crippen LogP contribution in [0.2, 0.25) is 0 Å². The average Bonchev–Trinajstić information content (AvgIpc) is 3.47. The fraction of sp³-hybridized carbons (Fsp3) is 0.815. The summed E-state index contributed by atoms with van der Waals surface area (Å²) in [6, 6.07) is -0.841. The lowest BCUT2D eigenvalue weighted by Crippen LogP contribution is -2.57. The molecule has 8 atom stereocenters. The van der Waals surface area contributed by atoms with Crippen molar-refractivity contribution in [2.75, 3.05) is 6.61 Å². The van der Waals surface area contributed by atoms with E-state index in [4.69, 9.17) is 9.29 Å². The van der Waals surface area contributed by atoms with Gasteiger partial charge in [-0.15, -0.1) is 0 Å². The highest BCUT2D eigenvalue weighted by Crippen LogP contribution is 2.63. The summed E-state index contributed by atoms with van der Waals surface area (Å²) in [4.78, 5) is 67.8. The standard InChI is InChI=1S/C27H33F2NO10S/c1-25(2,3)23(34)30-18-14-6-15(17(16(14)21(30)32)22(33)39-10-27(28,29)41(36,37)38)20(18)40-24(35)26-7-11-4-12(8-26)19(31)13(5-11)9-26/h11-18,20H,4-10H2,1-3H3,(H,36,37,38). The van der Waals surface area contributed by atoms with Gasteiger partial charge in [-0.25, -0.2) is 0 Å². The second-order valence-corrected chi connectivity index (χ2v) is 15.5. The van der Waals surface area contributed by atoms with Crippen molar-refractivity contribution in [3.05, 3.63) is 0 Å². The number of nitrogens with zero attached hydrogens (tertiary/aromatic N) is 1. The molecule has 6 aliphatic carbocycles. The van der Waals surface area contributed by atoms with Crippen LogP contribution in [0.3, 0.4) is 0 Å². The van der Waals surface area contributed by atoms with Crippen molar-refractivity contribution < 1.29 is 55.2 Å². The molecular formula is C27H33F2NO10S. The molecule has 0 aromatic carbocycles. The summed E-state index contributed by atoms with van der Waals surface area (Å²) in [5.41, 5.74) is -1.87. The van der Waals surface area contributed by atoms with Crippen molar-refractivity contribution in [2.24, 2.45) is 52.3 Å². The number of ether oxygens (including phenoxy) is 2. The zero-order chi connectivity index (χ0) is 30.0. The van der Waals surface area contributed by atoms with E-state index in [0.29, 0.717) is 19.3 Å². The predicted molar refractivity (Wildman–Crippen MR) is 132 cm³/mol. The zero-order valence-electron chi connectivity index (χ0n) is 22.9. The first-order chi connectivity index (χ1) is 18.9. The van der Waals surface area contributed by atoms with Gasteiger partial charge in [-0.2, -0.15) is 17.2 Å². The maximum Gasteiger partial charge on any atom is 0.402 e. The lowest BCUT2D eigenvalue weighted by Gasteiger charge is -2.54. The lowest BCUT2D eigenvalue weighted by atomic mass is 9.49. The van der Waals surface area contributed by atoms with E-state index in [1.54, 1.807) is 20.8 Å². The summed E-state index contributed by atoms with van der Waals surface area (Å²) in [5, 5.41) is -4.77. The number of amides is 2. The van der Waals surface area contributed by atoms with Gasteiger partial charge in [0.1, 0.15) is 11.9 Å². The number of fused-ring (bicyclic) bond motifs is 1. The molecule has 6 bridgehead atoms. The number of halogens is 2. The summed E-state index contributed by atoms with van der Waals surface area (Å²) in [5.74, 6) is -6.92. The van der Waals surface area contributed by atoms with Crippen LogP contribution >= 0.6 is 0 Å². The minimum absolute atomic E-state index is 0.181. The number of carbonyl (C=O) groups excluding carboxylic acids is 5. The van der Waals surface area contributed by atoms with Crippen LogP contribution in [-0.4, -0.2) is 71.4 Å². The molecule has 1 N–H and O–H groups in total. The Balaban J connectivity index is 1.30. The number of rotatable bonds is 6. The molecule has 0 radical (unpaired) electrons. The van der Waals surface area contributed by atoms with Crippen molar-refractivity contribution in [2.45, 2.75) is 76.7 Å². The van der Waals surface area contributed by atoms with Crippen LogP contribution in [-0.2, 0) is 43.6 Å². The average molecular weight is 602 g/mol. The second kappa shape index (κ2) is 8.77. The molecule has 7 aliphatic rings. The molecule has 41 heavy (non-hydrogen) atoms. The summed E-state index contributed by atoms with van der Waals surface area (Å²) < 4.78 is 69.2. The van der Waals surface area contributed by atoms with Crippen molar-refractivity contribution in [1.82, 2.24) is 4.90 Å². The van der Waals surface area contributed by atoms with Crippen molar-refractivity contribution >= 4 is 39.7 Å². The van der Waals surface area contributed by atoms with Gasteiger partial charge in [0.2, 0.25) is 11.8 Å². The number of alkyl halides is 2. The van der Waals surface area contributed by atoms with Gasteiger partial charge in [0.25, 0.3) is 0 Å². The summed E-state index contributed by atoms with van der Waals surface area (Å²) in [7, 11) is -5.87. The van der Waals surface area contributed by atoms with Crippen LogP contribution in [0.15, 0.2) is 0 Å². The number of carbonyl (C=O) groups is 5. The van der Waals surface area contributed by atoms with E-state index in [9.17, 15) is 41.2 Å². The molecule has 8 unspecified atom stereocenters. The topological polar surface area (TPSA) is 161 Å². The van der Waals surface area contributed by atoms with E-state index in [1.807, 2.05) is 0 Å². The third kappa shape index (κ3) is 4.09. The number of hydrogen-bond donors (Lipinski definition) is 1. The lowest BCUT2D eigenvalue weighted by molar-refractivity contribution is -0.187. The summed E-state index contributed by atoms with van der Waals surface area (Å²) >= 11 is 0. The number of likely N-dealkylation sites (tertiary alicyclic amines) is 1. The van der Waals surface area contributed by atoms with Crippen molar-refractivity contribution in [3.63, 3.8) is 0 Å². The molecular weight excluding hydrogens is 568 g/mol. The van der Waals surface area contributed by atoms with E-state index in [2.05, 4.69) is 4.74 Å². The van der Waals surface area contributed by atoms with Crippen LogP contribution in [0.25, 0.3) is 0 Å². The molecule has 11 nitrogen and oxygen atoms in total. The number of hydrogen-bond acceptors (Lipinski definition) is 9. The molecule has 7 fully saturated rings. The van der Waals surface area contributed by atoms with Crippen LogP contribution in [0.4, 0.5) is 8.78 Å². The highest BCUT2D eigenvalue weighted by atomic mass is 32.2. The van der Waals surface area contributed by atoms with Gasteiger partial charge in [-0.3, -0.25) is 33.4 Å². The number of esters is 2. The minimum Gasteiger partial charge on any atom is -0.459 e. The van der Waals surface area contributed by atoms with E-state index in [1.165, 1.54) is 0 Å². The van der Waals surface area contributed by atoms with Gasteiger partial charge in [0.05, 0.1) is 23.3 Å². The second-order valence-electron chi connectivity index (χ2n) is 14.0. The Hall–Kier alpha value is -2.48. The van der Waals surface area contributed by atoms with Gasteiger partial charge in [0, 0.05) is 23.2 Å². The Bertz CT molecular complexity index is 1340. The number of ketones is 1. The first kappa shape index (κ1) is 28.6. The molecule has 14 heteroatoms. The van der Waals surface area contributed by atoms with Crippen LogP contribution < -0.4 is 0 Å². The predicted octanol–water partition coefficient (Wildman–Crippen LogP) is 1.98. The van der Waals surface area contributed by atoms with Crippen LogP contribution in [0, 0.1) is 52.3 Å². The quantitative estimate of drug-likeness (QED) is 0.352. The highest BCUT2D eigenvalue weighted by Gasteiger charge is 2.73. The van der Waals surface area contributed by atoms with Gasteiger partial charge < -0.3 is 9.47 Å². The van der Waals surface area contributed by atoms with Crippen molar-refractivity contribution in [3.8, 4) is 0 Å². The smallest absolute Gasteiger partial charge is 0.402 e. The Morgan fingerprint density at radius 2 is 1.63 bits per heavy atom. The molecule has 1 heterocycles. The third-order valence-corrected chi connectivity index (χ3v) is 11.3. The fourth-order valence-electron chi connectivity index (χ4n) is 8.96. The number of Topliss-reactive ketones (excluding diaryl/α,β-unsaturated/α-hetero) is 1. The van der Waals surface area contributed by atoms with Gasteiger partial charge >= 0.3 is 27.3 Å². The third-order valence-electron chi connectivity index (χ3n) is 10.4. The maximum atomic E-state index is 13.9. The minimum atomic E-state index is -5.87. The molecule has 1 saturated heterocycles. The molecule has 226 valence electrons. The Morgan fingerprint density at radius 1 is 1.02 bits per heavy atom. The zero-order valence-corrected chi connectivity index (χ0v) is 23.7. The molecule has 0 aromatic rings. The molecule has 7 rings (SSSR count). The number of imide groups is 1. The SMILES string of the molecule is CC(C)(C)C(=O)N1C(=O)C2C3CC(C(OC(=O)C45CC6CC(C4)C(=O)C(C6)C5)C31)C2C(=O)OCC(F)(F)S(=O)(=O)O. The summed E-state index contributed by atoms with van der Waals surface area (Å²) in [6.45, 7) is 2.89. The normalized spacial score (nSPS) is 40.8. The first-order valence-electron chi connectivity index (χ1n) is 14.0. The van der Waals surface area contributed by atoms with E-state index >= 15 is 0 Å². The summed E-state index contributed by atoms with van der Waals surface area (Å²) in [6.07, 6.45) is 1.89. The molecule has 6 saturated carbocycles. The Kier molecular flexibility index (Phi) is 6.13. The Labute approximate surface area is 235 Å². The van der Waals surface area contributed by atoms with Crippen LogP contribution in [0.5, 0.6) is 0 Å². The fourth-order valence-corrected chi connectivity index (χ4v) is 9.16. The first-order valence-corrected chi connectivity index (χ1v) is 15.4. The van der Waals surface area contributed by atoms with Crippen molar-refractivity contribution in [1.29, 1.82) is 0 Å². The maximum absolute atomic E-state index is 13.9. The molecule has 1 aliphatic heterocycles. The van der Waals surface area contributed by atoms with Gasteiger partial charge in [-0.1, -0.05) is 20.8 Å².